The van der Waals surface area contributed by atoms with E-state index in [4.69, 9.17) is 5.73 Å². The predicted octanol–water partition coefficient (Wildman–Crippen LogP) is 1.40. The highest BCUT2D eigenvalue weighted by molar-refractivity contribution is 7.89. The minimum absolute atomic E-state index is 0.321. The molecule has 0 bridgehead atoms. The van der Waals surface area contributed by atoms with Crippen LogP contribution in [-0.4, -0.2) is 21.5 Å². The van der Waals surface area contributed by atoms with Crippen molar-refractivity contribution in [3.63, 3.8) is 0 Å². The Labute approximate surface area is 103 Å². The van der Waals surface area contributed by atoms with Crippen molar-refractivity contribution in [3.8, 4) is 0 Å². The smallest absolute Gasteiger partial charge is 0.240 e. The zero-order chi connectivity index (χ0) is 12.7. The standard InChI is InChI=1S/C12H20N2O2S/c1-11-5-7-12(8-6-11)17(15,16)14-10-4-2-3-9-13/h5-8,14H,2-4,9-10,13H2,1H3. The Bertz CT molecular complexity index is 426. The van der Waals surface area contributed by atoms with Gasteiger partial charge in [0.15, 0.2) is 0 Å². The maximum Gasteiger partial charge on any atom is 0.240 e. The normalized spacial score (nSPS) is 11.6. The summed E-state index contributed by atoms with van der Waals surface area (Å²) in [5.41, 5.74) is 6.41. The Morgan fingerprint density at radius 2 is 1.76 bits per heavy atom. The van der Waals surface area contributed by atoms with Gasteiger partial charge in [-0.05, 0) is 38.4 Å². The van der Waals surface area contributed by atoms with Crippen molar-refractivity contribution in [2.45, 2.75) is 31.1 Å². The molecule has 3 N–H and O–H groups in total. The fraction of sp³-hybridized carbons (Fsp3) is 0.500. The third-order valence-corrected chi connectivity index (χ3v) is 3.98. The molecule has 5 heteroatoms. The van der Waals surface area contributed by atoms with Gasteiger partial charge >= 0.3 is 0 Å². The van der Waals surface area contributed by atoms with Crippen molar-refractivity contribution >= 4 is 10.0 Å². The fourth-order valence-electron chi connectivity index (χ4n) is 1.45. The van der Waals surface area contributed by atoms with Crippen LogP contribution in [0.1, 0.15) is 24.8 Å². The second-order valence-electron chi connectivity index (χ2n) is 4.06. The zero-order valence-corrected chi connectivity index (χ0v) is 11.0. The molecule has 96 valence electrons. The summed E-state index contributed by atoms with van der Waals surface area (Å²) in [5, 5.41) is 0. The van der Waals surface area contributed by atoms with Gasteiger partial charge in [-0.1, -0.05) is 24.1 Å². The Morgan fingerprint density at radius 1 is 1.12 bits per heavy atom. The van der Waals surface area contributed by atoms with Crippen LogP contribution in [0, 0.1) is 6.92 Å². The summed E-state index contributed by atoms with van der Waals surface area (Å²) in [6.07, 6.45) is 2.71. The summed E-state index contributed by atoms with van der Waals surface area (Å²) in [4.78, 5) is 0.321. The SMILES string of the molecule is Cc1ccc(S(=O)(=O)NCCCCCN)cc1. The van der Waals surface area contributed by atoms with Gasteiger partial charge in [0.05, 0.1) is 4.90 Å². The Balaban J connectivity index is 2.48. The molecule has 0 fully saturated rings. The lowest BCUT2D eigenvalue weighted by molar-refractivity contribution is 0.575. The summed E-state index contributed by atoms with van der Waals surface area (Å²) in [6, 6.07) is 6.83. The number of unbranched alkanes of at least 4 members (excludes halogenated alkanes) is 2. The molecule has 0 aromatic heterocycles. The van der Waals surface area contributed by atoms with Crippen LogP contribution in [0.5, 0.6) is 0 Å². The average Bonchev–Trinajstić information content (AvgIpc) is 2.29. The van der Waals surface area contributed by atoms with E-state index >= 15 is 0 Å². The number of rotatable bonds is 7. The molecule has 0 aliphatic carbocycles. The molecular formula is C12H20N2O2S. The third-order valence-electron chi connectivity index (χ3n) is 2.50. The van der Waals surface area contributed by atoms with Crippen molar-refractivity contribution in [3.05, 3.63) is 29.8 Å². The molecule has 0 aliphatic heterocycles. The van der Waals surface area contributed by atoms with Gasteiger partial charge in [0.25, 0.3) is 0 Å². The average molecular weight is 256 g/mol. The van der Waals surface area contributed by atoms with Crippen LogP contribution in [0.2, 0.25) is 0 Å². The predicted molar refractivity (Wildman–Crippen MR) is 69.3 cm³/mol. The number of hydrogen-bond acceptors (Lipinski definition) is 3. The van der Waals surface area contributed by atoms with E-state index in [-0.39, 0.29) is 0 Å². The highest BCUT2D eigenvalue weighted by Crippen LogP contribution is 2.09. The maximum atomic E-state index is 11.8. The number of nitrogens with one attached hydrogen (secondary N) is 1. The minimum Gasteiger partial charge on any atom is -0.330 e. The van der Waals surface area contributed by atoms with E-state index in [0.29, 0.717) is 18.0 Å². The van der Waals surface area contributed by atoms with E-state index in [1.54, 1.807) is 24.3 Å². The Hall–Kier alpha value is -0.910. The first-order valence-corrected chi connectivity index (χ1v) is 7.31. The van der Waals surface area contributed by atoms with E-state index < -0.39 is 10.0 Å². The van der Waals surface area contributed by atoms with Gasteiger partial charge in [-0.25, -0.2) is 13.1 Å². The van der Waals surface area contributed by atoms with Crippen LogP contribution in [0.15, 0.2) is 29.2 Å². The van der Waals surface area contributed by atoms with E-state index in [1.165, 1.54) is 0 Å². The number of benzene rings is 1. The van der Waals surface area contributed by atoms with Crippen molar-refractivity contribution in [2.75, 3.05) is 13.1 Å². The van der Waals surface area contributed by atoms with Crippen LogP contribution < -0.4 is 10.5 Å². The molecule has 0 heterocycles. The topological polar surface area (TPSA) is 72.2 Å². The molecule has 1 aromatic rings. The first-order valence-electron chi connectivity index (χ1n) is 5.82. The van der Waals surface area contributed by atoms with Crippen LogP contribution in [-0.2, 0) is 10.0 Å². The quantitative estimate of drug-likeness (QED) is 0.724. The molecule has 0 atom stereocenters. The Kier molecular flexibility index (Phi) is 5.61. The molecule has 1 aromatic carbocycles. The van der Waals surface area contributed by atoms with Crippen molar-refractivity contribution in [2.24, 2.45) is 5.73 Å². The van der Waals surface area contributed by atoms with Crippen LogP contribution in [0.3, 0.4) is 0 Å². The molecule has 0 radical (unpaired) electrons. The van der Waals surface area contributed by atoms with Gasteiger partial charge in [0.1, 0.15) is 0 Å². The third kappa shape index (κ3) is 4.85. The lowest BCUT2D eigenvalue weighted by Gasteiger charge is -2.06. The number of hydrogen-bond donors (Lipinski definition) is 2. The van der Waals surface area contributed by atoms with E-state index in [2.05, 4.69) is 4.72 Å². The molecule has 0 saturated carbocycles. The molecular weight excluding hydrogens is 236 g/mol. The van der Waals surface area contributed by atoms with Gasteiger partial charge < -0.3 is 5.73 Å². The van der Waals surface area contributed by atoms with Crippen molar-refractivity contribution in [1.29, 1.82) is 0 Å². The first-order chi connectivity index (χ1) is 8.06. The van der Waals surface area contributed by atoms with Crippen LogP contribution >= 0.6 is 0 Å². The lowest BCUT2D eigenvalue weighted by atomic mass is 10.2. The second-order valence-corrected chi connectivity index (χ2v) is 5.83. The second kappa shape index (κ2) is 6.74. The first kappa shape index (κ1) is 14.2. The van der Waals surface area contributed by atoms with E-state index in [1.807, 2.05) is 6.92 Å². The van der Waals surface area contributed by atoms with Crippen molar-refractivity contribution < 1.29 is 8.42 Å². The molecule has 0 unspecified atom stereocenters. The van der Waals surface area contributed by atoms with E-state index in [9.17, 15) is 8.42 Å². The van der Waals surface area contributed by atoms with Gasteiger partial charge in [0, 0.05) is 6.54 Å². The molecule has 4 nitrogen and oxygen atoms in total. The van der Waals surface area contributed by atoms with Gasteiger partial charge in [-0.3, -0.25) is 0 Å². The monoisotopic (exact) mass is 256 g/mol. The highest BCUT2D eigenvalue weighted by atomic mass is 32.2. The molecule has 0 aliphatic rings. The molecule has 1 rings (SSSR count). The highest BCUT2D eigenvalue weighted by Gasteiger charge is 2.12. The summed E-state index contributed by atoms with van der Waals surface area (Å²) in [6.45, 7) is 3.05. The summed E-state index contributed by atoms with van der Waals surface area (Å²) >= 11 is 0. The van der Waals surface area contributed by atoms with Gasteiger partial charge in [0.2, 0.25) is 10.0 Å². The van der Waals surface area contributed by atoms with Crippen LogP contribution in [0.25, 0.3) is 0 Å². The molecule has 0 saturated heterocycles. The lowest BCUT2D eigenvalue weighted by Crippen LogP contribution is -2.24. The Morgan fingerprint density at radius 3 is 2.35 bits per heavy atom. The summed E-state index contributed by atoms with van der Waals surface area (Å²) < 4.78 is 26.3. The zero-order valence-electron chi connectivity index (χ0n) is 10.1. The number of sulfonamides is 1. The number of aryl methyl sites for hydroxylation is 1. The summed E-state index contributed by atoms with van der Waals surface area (Å²) in [7, 11) is -3.35. The van der Waals surface area contributed by atoms with Crippen molar-refractivity contribution in [1.82, 2.24) is 4.72 Å². The fourth-order valence-corrected chi connectivity index (χ4v) is 2.53. The van der Waals surface area contributed by atoms with Gasteiger partial charge in [-0.2, -0.15) is 0 Å². The van der Waals surface area contributed by atoms with Crippen LogP contribution in [0.4, 0.5) is 0 Å². The van der Waals surface area contributed by atoms with Gasteiger partial charge in [-0.15, -0.1) is 0 Å². The molecule has 0 spiro atoms. The molecule has 0 amide bonds. The largest absolute Gasteiger partial charge is 0.330 e. The number of nitrogens with two attached hydrogens (primary N) is 1. The van der Waals surface area contributed by atoms with E-state index in [0.717, 1.165) is 24.8 Å². The minimum atomic E-state index is -3.35. The maximum absolute atomic E-state index is 11.8. The summed E-state index contributed by atoms with van der Waals surface area (Å²) in [5.74, 6) is 0. The molecule has 17 heavy (non-hydrogen) atoms.